The molecule has 0 aliphatic heterocycles. The van der Waals surface area contributed by atoms with Gasteiger partial charge in [0.2, 0.25) is 0 Å². The fourth-order valence-electron chi connectivity index (χ4n) is 1.63. The van der Waals surface area contributed by atoms with E-state index in [-0.39, 0.29) is 17.9 Å². The number of nitrogens with one attached hydrogen (secondary N) is 2. The van der Waals surface area contributed by atoms with Gasteiger partial charge in [-0.25, -0.2) is 18.6 Å². The Labute approximate surface area is 132 Å². The van der Waals surface area contributed by atoms with Gasteiger partial charge in [0.1, 0.15) is 10.7 Å². The molecule has 0 saturated carbocycles. The van der Waals surface area contributed by atoms with Crippen molar-refractivity contribution in [2.24, 2.45) is 0 Å². The van der Waals surface area contributed by atoms with Crippen molar-refractivity contribution in [3.05, 3.63) is 29.3 Å². The molecule has 0 aliphatic rings. The van der Waals surface area contributed by atoms with E-state index in [1.54, 1.807) is 0 Å². The van der Waals surface area contributed by atoms with Gasteiger partial charge in [0.05, 0.1) is 23.6 Å². The molecule has 23 heavy (non-hydrogen) atoms. The number of amides is 1. The van der Waals surface area contributed by atoms with Gasteiger partial charge < -0.3 is 4.74 Å². The molecule has 0 spiro atoms. The summed E-state index contributed by atoms with van der Waals surface area (Å²) in [6, 6.07) is 2.55. The molecule has 6 nitrogen and oxygen atoms in total. The first-order valence-corrected chi connectivity index (χ1v) is 8.11. The first kappa shape index (κ1) is 19.1. The number of thiol groups is 1. The molecular formula is C13H17F3N2O4S. The van der Waals surface area contributed by atoms with Crippen LogP contribution in [0.3, 0.4) is 0 Å². The van der Waals surface area contributed by atoms with Crippen molar-refractivity contribution >= 4 is 22.5 Å². The van der Waals surface area contributed by atoms with E-state index in [1.165, 1.54) is 0 Å². The standard InChI is InChI=1S/C13H17F3N2O4S/c1-2-3-6-22-12(19)18-17-11-5-4-10(13(14,15)16)7-9(11)8-23(20)21/h4-5,7,17,23H,2-3,6,8H2,1H3,(H,18,19). The van der Waals surface area contributed by atoms with Crippen LogP contribution in [0, 0.1) is 0 Å². The minimum Gasteiger partial charge on any atom is -0.448 e. The number of unbranched alkanes of at least 4 members (excludes halogenated alkanes) is 1. The highest BCUT2D eigenvalue weighted by molar-refractivity contribution is 7.71. The van der Waals surface area contributed by atoms with E-state index >= 15 is 0 Å². The Bertz CT molecular complexity index is 610. The molecule has 130 valence electrons. The fourth-order valence-corrected chi connectivity index (χ4v) is 2.17. The second-order valence-corrected chi connectivity index (χ2v) is 5.58. The monoisotopic (exact) mass is 354 g/mol. The van der Waals surface area contributed by atoms with Crippen LogP contribution in [0.15, 0.2) is 18.2 Å². The van der Waals surface area contributed by atoms with Crippen molar-refractivity contribution in [2.75, 3.05) is 12.0 Å². The van der Waals surface area contributed by atoms with E-state index in [0.717, 1.165) is 24.6 Å². The lowest BCUT2D eigenvalue weighted by atomic mass is 10.1. The Hall–Kier alpha value is -1.97. The zero-order chi connectivity index (χ0) is 17.5. The van der Waals surface area contributed by atoms with Gasteiger partial charge >= 0.3 is 12.3 Å². The summed E-state index contributed by atoms with van der Waals surface area (Å²) in [5.41, 5.74) is 3.47. The number of hydrogen-bond donors (Lipinski definition) is 3. The summed E-state index contributed by atoms with van der Waals surface area (Å²) in [5, 5.41) is 0. The number of hydrazine groups is 1. The quantitative estimate of drug-likeness (QED) is 0.398. The predicted molar refractivity (Wildman–Crippen MR) is 78.5 cm³/mol. The number of carbonyl (C=O) groups is 1. The molecule has 0 aromatic heterocycles. The smallest absolute Gasteiger partial charge is 0.425 e. The Morgan fingerprint density at radius 2 is 2.00 bits per heavy atom. The van der Waals surface area contributed by atoms with Gasteiger partial charge in [-0.05, 0) is 30.2 Å². The highest BCUT2D eigenvalue weighted by Crippen LogP contribution is 2.32. The first-order chi connectivity index (χ1) is 10.7. The van der Waals surface area contributed by atoms with Gasteiger partial charge in [0.15, 0.2) is 0 Å². The molecule has 0 radical (unpaired) electrons. The summed E-state index contributed by atoms with van der Waals surface area (Å²) < 4.78 is 64.4. The van der Waals surface area contributed by atoms with Gasteiger partial charge in [-0.3, -0.25) is 5.43 Å². The van der Waals surface area contributed by atoms with Crippen LogP contribution in [0.1, 0.15) is 30.9 Å². The maximum atomic E-state index is 12.7. The van der Waals surface area contributed by atoms with Crippen LogP contribution < -0.4 is 10.9 Å². The molecule has 0 heterocycles. The minimum absolute atomic E-state index is 0.0460. The highest BCUT2D eigenvalue weighted by atomic mass is 32.2. The highest BCUT2D eigenvalue weighted by Gasteiger charge is 2.31. The molecule has 0 aliphatic carbocycles. The number of carbonyl (C=O) groups excluding carboxylic acids is 1. The normalized spacial score (nSPS) is 11.3. The largest absolute Gasteiger partial charge is 0.448 e. The summed E-state index contributed by atoms with van der Waals surface area (Å²) >= 11 is 0. The number of hydrogen-bond acceptors (Lipinski definition) is 5. The van der Waals surface area contributed by atoms with E-state index in [9.17, 15) is 26.4 Å². The molecule has 0 atom stereocenters. The Balaban J connectivity index is 2.82. The van der Waals surface area contributed by atoms with Crippen LogP contribution in [0.4, 0.5) is 23.7 Å². The van der Waals surface area contributed by atoms with Crippen LogP contribution in [0.25, 0.3) is 0 Å². The van der Waals surface area contributed by atoms with Crippen molar-refractivity contribution in [3.63, 3.8) is 0 Å². The van der Waals surface area contributed by atoms with E-state index in [4.69, 9.17) is 4.74 Å². The lowest BCUT2D eigenvalue weighted by Gasteiger charge is -2.14. The molecule has 0 fully saturated rings. The average molecular weight is 354 g/mol. The van der Waals surface area contributed by atoms with Crippen molar-refractivity contribution in [3.8, 4) is 0 Å². The molecule has 1 rings (SSSR count). The van der Waals surface area contributed by atoms with Gasteiger partial charge in [0, 0.05) is 0 Å². The molecule has 2 N–H and O–H groups in total. The van der Waals surface area contributed by atoms with Crippen LogP contribution in [0.2, 0.25) is 0 Å². The Morgan fingerprint density at radius 3 is 2.57 bits per heavy atom. The molecule has 1 aromatic rings. The Kier molecular flexibility index (Phi) is 7.14. The summed E-state index contributed by atoms with van der Waals surface area (Å²) in [4.78, 5) is 11.4. The number of rotatable bonds is 7. The number of ether oxygens (including phenoxy) is 1. The molecule has 0 bridgehead atoms. The summed E-state index contributed by atoms with van der Waals surface area (Å²) in [7, 11) is -2.93. The van der Waals surface area contributed by atoms with E-state index in [2.05, 4.69) is 10.9 Å². The lowest BCUT2D eigenvalue weighted by molar-refractivity contribution is -0.137. The lowest BCUT2D eigenvalue weighted by Crippen LogP contribution is -2.30. The maximum Gasteiger partial charge on any atom is 0.425 e. The van der Waals surface area contributed by atoms with Gasteiger partial charge in [-0.15, -0.1) is 0 Å². The zero-order valence-electron chi connectivity index (χ0n) is 12.3. The third-order valence-electron chi connectivity index (χ3n) is 2.76. The number of anilines is 1. The summed E-state index contributed by atoms with van der Waals surface area (Å²) in [5.74, 6) is -0.589. The van der Waals surface area contributed by atoms with E-state index in [1.807, 2.05) is 6.92 Å². The van der Waals surface area contributed by atoms with Crippen molar-refractivity contribution < 1.29 is 31.1 Å². The van der Waals surface area contributed by atoms with E-state index in [0.29, 0.717) is 6.42 Å². The third kappa shape index (κ3) is 6.76. The van der Waals surface area contributed by atoms with Crippen LogP contribution in [-0.4, -0.2) is 21.1 Å². The van der Waals surface area contributed by atoms with Crippen molar-refractivity contribution in [1.82, 2.24) is 5.43 Å². The third-order valence-corrected chi connectivity index (χ3v) is 3.36. The molecule has 0 unspecified atom stereocenters. The molecule has 1 aromatic carbocycles. The molecule has 0 saturated heterocycles. The molecular weight excluding hydrogens is 337 g/mol. The Morgan fingerprint density at radius 1 is 1.30 bits per heavy atom. The SMILES string of the molecule is CCCCOC(=O)NNc1ccc(C(F)(F)F)cc1C[SH](=O)=O. The second-order valence-electron chi connectivity index (χ2n) is 4.60. The topological polar surface area (TPSA) is 84.5 Å². The number of alkyl halides is 3. The maximum absolute atomic E-state index is 12.7. The second kappa shape index (κ2) is 8.61. The first-order valence-electron chi connectivity index (χ1n) is 6.74. The summed E-state index contributed by atoms with van der Waals surface area (Å²) in [6.45, 7) is 2.12. The van der Waals surface area contributed by atoms with Crippen LogP contribution >= 0.6 is 0 Å². The van der Waals surface area contributed by atoms with Gasteiger partial charge in [-0.1, -0.05) is 13.3 Å². The van der Waals surface area contributed by atoms with Crippen molar-refractivity contribution in [2.45, 2.75) is 31.7 Å². The van der Waals surface area contributed by atoms with Gasteiger partial charge in [0.25, 0.3) is 0 Å². The van der Waals surface area contributed by atoms with Crippen LogP contribution in [0.5, 0.6) is 0 Å². The number of benzene rings is 1. The van der Waals surface area contributed by atoms with Gasteiger partial charge in [-0.2, -0.15) is 13.2 Å². The average Bonchev–Trinajstić information content (AvgIpc) is 2.44. The minimum atomic E-state index is -4.59. The van der Waals surface area contributed by atoms with E-state index < -0.39 is 34.3 Å². The molecule has 10 heteroatoms. The predicted octanol–water partition coefficient (Wildman–Crippen LogP) is 2.67. The fraction of sp³-hybridized carbons (Fsp3) is 0.462. The summed E-state index contributed by atoms with van der Waals surface area (Å²) in [6.07, 6.45) is -3.89. The zero-order valence-corrected chi connectivity index (χ0v) is 13.2. The molecule has 1 amide bonds. The van der Waals surface area contributed by atoms with Crippen molar-refractivity contribution in [1.29, 1.82) is 0 Å². The number of halogens is 3. The van der Waals surface area contributed by atoms with Crippen LogP contribution in [-0.2, 0) is 27.4 Å².